The summed E-state index contributed by atoms with van der Waals surface area (Å²) >= 11 is 0. The first-order chi connectivity index (χ1) is 13.4. The van der Waals surface area contributed by atoms with E-state index in [1.807, 2.05) is 11.0 Å². The van der Waals surface area contributed by atoms with Gasteiger partial charge in [-0.05, 0) is 37.1 Å². The molecule has 0 bridgehead atoms. The highest BCUT2D eigenvalue weighted by Gasteiger charge is 2.33. The summed E-state index contributed by atoms with van der Waals surface area (Å²) in [4.78, 5) is 18.7. The van der Waals surface area contributed by atoms with Gasteiger partial charge in [0.1, 0.15) is 5.82 Å². The van der Waals surface area contributed by atoms with Crippen molar-refractivity contribution in [1.82, 2.24) is 4.98 Å². The molecule has 1 aromatic carbocycles. The molecule has 1 aromatic heterocycles. The van der Waals surface area contributed by atoms with Crippen LogP contribution >= 0.6 is 0 Å². The van der Waals surface area contributed by atoms with E-state index in [4.69, 9.17) is 5.26 Å². The number of nitrogens with one attached hydrogen (secondary N) is 1. The highest BCUT2D eigenvalue weighted by atomic mass is 19.4. The lowest BCUT2D eigenvalue weighted by molar-refractivity contribution is -0.137. The van der Waals surface area contributed by atoms with E-state index in [2.05, 4.69) is 10.3 Å². The molecule has 146 valence electrons. The predicted octanol–water partition coefficient (Wildman–Crippen LogP) is 4.60. The molecule has 1 amide bonds. The van der Waals surface area contributed by atoms with Crippen molar-refractivity contribution in [2.45, 2.75) is 31.9 Å². The Morgan fingerprint density at radius 3 is 2.50 bits per heavy atom. The summed E-state index contributed by atoms with van der Waals surface area (Å²) in [5.41, 5.74) is -0.419. The fourth-order valence-corrected chi connectivity index (χ4v) is 3.18. The Kier molecular flexibility index (Phi) is 5.83. The molecule has 1 aliphatic rings. The Balaban J connectivity index is 1.97. The van der Waals surface area contributed by atoms with Crippen molar-refractivity contribution in [3.8, 4) is 6.07 Å². The van der Waals surface area contributed by atoms with Crippen molar-refractivity contribution in [3.63, 3.8) is 0 Å². The molecule has 1 N–H and O–H groups in total. The Bertz CT molecular complexity index is 897. The van der Waals surface area contributed by atoms with Gasteiger partial charge in [-0.25, -0.2) is 4.98 Å². The van der Waals surface area contributed by atoms with E-state index in [0.29, 0.717) is 24.3 Å². The van der Waals surface area contributed by atoms with Gasteiger partial charge in [0.05, 0.1) is 22.8 Å². The van der Waals surface area contributed by atoms with Gasteiger partial charge in [0, 0.05) is 25.0 Å². The monoisotopic (exact) mass is 388 g/mol. The van der Waals surface area contributed by atoms with Crippen LogP contribution in [0.4, 0.5) is 24.7 Å². The Labute approximate surface area is 160 Å². The average molecular weight is 388 g/mol. The third-order valence-electron chi connectivity index (χ3n) is 4.59. The number of rotatable bonds is 3. The summed E-state index contributed by atoms with van der Waals surface area (Å²) in [7, 11) is 0. The number of nitriles is 1. The van der Waals surface area contributed by atoms with Crippen molar-refractivity contribution in [3.05, 3.63) is 53.2 Å². The standard InChI is InChI=1S/C20H19F3N4O/c21-20(22,23)15-11-17(18(25-13-15)27-8-3-1-2-4-9-27)19(28)26-16-7-5-6-14(10-16)12-24/h5-7,10-11,13H,1-4,8-9H2,(H,26,28). The lowest BCUT2D eigenvalue weighted by atomic mass is 10.1. The van der Waals surface area contributed by atoms with Crippen LogP contribution in [0.5, 0.6) is 0 Å². The highest BCUT2D eigenvalue weighted by Crippen LogP contribution is 2.32. The zero-order chi connectivity index (χ0) is 20.1. The molecule has 3 rings (SSSR count). The van der Waals surface area contributed by atoms with E-state index in [1.165, 1.54) is 6.07 Å². The molecule has 0 spiro atoms. The first-order valence-electron chi connectivity index (χ1n) is 9.02. The van der Waals surface area contributed by atoms with Crippen LogP contribution in [0.15, 0.2) is 36.5 Å². The summed E-state index contributed by atoms with van der Waals surface area (Å²) in [5, 5.41) is 11.6. The highest BCUT2D eigenvalue weighted by molar-refractivity contribution is 6.07. The molecule has 1 saturated heterocycles. The van der Waals surface area contributed by atoms with Crippen LogP contribution in [0, 0.1) is 11.3 Å². The molecular weight excluding hydrogens is 369 g/mol. The van der Waals surface area contributed by atoms with E-state index in [9.17, 15) is 18.0 Å². The molecule has 2 heterocycles. The van der Waals surface area contributed by atoms with Gasteiger partial charge in [-0.1, -0.05) is 18.9 Å². The van der Waals surface area contributed by atoms with Crippen molar-refractivity contribution < 1.29 is 18.0 Å². The number of carbonyl (C=O) groups excluding carboxylic acids is 1. The fraction of sp³-hybridized carbons (Fsp3) is 0.350. The topological polar surface area (TPSA) is 69.0 Å². The molecule has 0 unspecified atom stereocenters. The van der Waals surface area contributed by atoms with Crippen LogP contribution in [0.1, 0.15) is 47.2 Å². The van der Waals surface area contributed by atoms with Crippen LogP contribution in [0.3, 0.4) is 0 Å². The van der Waals surface area contributed by atoms with Gasteiger partial charge in [0.15, 0.2) is 0 Å². The number of hydrogen-bond acceptors (Lipinski definition) is 4. The number of amides is 1. The third kappa shape index (κ3) is 4.60. The van der Waals surface area contributed by atoms with E-state index in [-0.39, 0.29) is 11.4 Å². The number of halogens is 3. The number of alkyl halides is 3. The molecule has 5 nitrogen and oxygen atoms in total. The maximum atomic E-state index is 13.2. The maximum absolute atomic E-state index is 13.2. The van der Waals surface area contributed by atoms with Crippen molar-refractivity contribution in [2.75, 3.05) is 23.3 Å². The summed E-state index contributed by atoms with van der Waals surface area (Å²) in [5.74, 6) is -0.434. The molecule has 28 heavy (non-hydrogen) atoms. The van der Waals surface area contributed by atoms with Crippen LogP contribution in [-0.2, 0) is 6.18 Å². The molecule has 0 saturated carbocycles. The predicted molar refractivity (Wildman–Crippen MR) is 99.0 cm³/mol. The normalized spacial score (nSPS) is 14.9. The number of benzene rings is 1. The molecule has 0 atom stereocenters. The summed E-state index contributed by atoms with van der Waals surface area (Å²) in [6, 6.07) is 9.01. The molecule has 0 radical (unpaired) electrons. The first-order valence-corrected chi connectivity index (χ1v) is 9.02. The van der Waals surface area contributed by atoms with E-state index in [1.54, 1.807) is 18.2 Å². The summed E-state index contributed by atoms with van der Waals surface area (Å²) < 4.78 is 39.5. The SMILES string of the molecule is N#Cc1cccc(NC(=O)c2cc(C(F)(F)F)cnc2N2CCCCCC2)c1. The van der Waals surface area contributed by atoms with Gasteiger partial charge in [-0.15, -0.1) is 0 Å². The second-order valence-corrected chi connectivity index (χ2v) is 6.64. The lowest BCUT2D eigenvalue weighted by Crippen LogP contribution is -2.28. The van der Waals surface area contributed by atoms with E-state index < -0.39 is 17.6 Å². The van der Waals surface area contributed by atoms with Gasteiger partial charge in [0.25, 0.3) is 5.91 Å². The minimum absolute atomic E-state index is 0.126. The molecule has 1 aliphatic heterocycles. The Morgan fingerprint density at radius 1 is 1.14 bits per heavy atom. The first kappa shape index (κ1) is 19.7. The van der Waals surface area contributed by atoms with E-state index >= 15 is 0 Å². The number of hydrogen-bond donors (Lipinski definition) is 1. The fourth-order valence-electron chi connectivity index (χ4n) is 3.18. The van der Waals surface area contributed by atoms with Crippen molar-refractivity contribution in [1.29, 1.82) is 5.26 Å². The number of carbonyl (C=O) groups is 1. The second-order valence-electron chi connectivity index (χ2n) is 6.64. The van der Waals surface area contributed by atoms with Crippen molar-refractivity contribution in [2.24, 2.45) is 0 Å². The van der Waals surface area contributed by atoms with Crippen LogP contribution in [0.25, 0.3) is 0 Å². The smallest absolute Gasteiger partial charge is 0.356 e. The molecule has 2 aromatic rings. The summed E-state index contributed by atoms with van der Waals surface area (Å²) in [6.45, 7) is 1.28. The average Bonchev–Trinajstić information content (AvgIpc) is 2.96. The lowest BCUT2D eigenvalue weighted by Gasteiger charge is -2.24. The van der Waals surface area contributed by atoms with Gasteiger partial charge in [-0.2, -0.15) is 18.4 Å². The number of anilines is 2. The van der Waals surface area contributed by atoms with Crippen LogP contribution in [0.2, 0.25) is 0 Å². The largest absolute Gasteiger partial charge is 0.417 e. The molecule has 8 heteroatoms. The Hall–Kier alpha value is -3.08. The van der Waals surface area contributed by atoms with Gasteiger partial charge < -0.3 is 10.2 Å². The number of nitrogens with zero attached hydrogens (tertiary/aromatic N) is 3. The Morgan fingerprint density at radius 2 is 1.86 bits per heavy atom. The minimum atomic E-state index is -4.60. The van der Waals surface area contributed by atoms with Gasteiger partial charge in [-0.3, -0.25) is 4.79 Å². The van der Waals surface area contributed by atoms with Crippen LogP contribution in [-0.4, -0.2) is 24.0 Å². The number of aromatic nitrogens is 1. The zero-order valence-electron chi connectivity index (χ0n) is 15.1. The zero-order valence-corrected chi connectivity index (χ0v) is 15.1. The molecule has 0 aliphatic carbocycles. The third-order valence-corrected chi connectivity index (χ3v) is 4.59. The molecular formula is C20H19F3N4O. The quantitative estimate of drug-likeness (QED) is 0.834. The number of pyridine rings is 1. The van der Waals surface area contributed by atoms with Crippen molar-refractivity contribution >= 4 is 17.4 Å². The second kappa shape index (κ2) is 8.30. The van der Waals surface area contributed by atoms with Gasteiger partial charge in [0.2, 0.25) is 0 Å². The summed E-state index contributed by atoms with van der Waals surface area (Å²) in [6.07, 6.45) is 0.0502. The van der Waals surface area contributed by atoms with E-state index in [0.717, 1.165) is 37.9 Å². The molecule has 1 fully saturated rings. The maximum Gasteiger partial charge on any atom is 0.417 e. The minimum Gasteiger partial charge on any atom is -0.356 e. The van der Waals surface area contributed by atoms with Gasteiger partial charge >= 0.3 is 6.18 Å². The van der Waals surface area contributed by atoms with Crippen LogP contribution < -0.4 is 10.2 Å².